The predicted octanol–water partition coefficient (Wildman–Crippen LogP) is 1.75. The lowest BCUT2D eigenvalue weighted by Gasteiger charge is -2.15. The van der Waals surface area contributed by atoms with Crippen LogP contribution in [0.2, 0.25) is 0 Å². The molecule has 0 aliphatic rings. The van der Waals surface area contributed by atoms with Gasteiger partial charge in [-0.05, 0) is 25.1 Å². The summed E-state index contributed by atoms with van der Waals surface area (Å²) < 4.78 is 5.19. The van der Waals surface area contributed by atoms with Crippen molar-refractivity contribution >= 4 is 17.5 Å². The Morgan fingerprint density at radius 3 is 2.48 bits per heavy atom. The molecule has 0 radical (unpaired) electrons. The number of ether oxygens (including phenoxy) is 1. The number of nitrogens with one attached hydrogen (secondary N) is 1. The fourth-order valence-corrected chi connectivity index (χ4v) is 1.90. The Labute approximate surface area is 134 Å². The number of anilines is 1. The minimum Gasteiger partial charge on any atom is -0.496 e. The van der Waals surface area contributed by atoms with Crippen LogP contribution in [0.1, 0.15) is 26.5 Å². The van der Waals surface area contributed by atoms with Gasteiger partial charge >= 0.3 is 0 Å². The van der Waals surface area contributed by atoms with Crippen LogP contribution in [0.15, 0.2) is 30.6 Å². The molecule has 1 heterocycles. The molecule has 120 valence electrons. The minimum atomic E-state index is -0.397. The third kappa shape index (κ3) is 3.82. The molecule has 2 aromatic rings. The SMILES string of the molecule is COc1ccc(NC(=O)c2cnc(C)cn2)cc1C(=O)N(C)C. The monoisotopic (exact) mass is 314 g/mol. The Hall–Kier alpha value is -2.96. The van der Waals surface area contributed by atoms with Gasteiger partial charge in [0.15, 0.2) is 0 Å². The second-order valence-electron chi connectivity index (χ2n) is 5.11. The third-order valence-electron chi connectivity index (χ3n) is 3.11. The van der Waals surface area contributed by atoms with Crippen molar-refractivity contribution in [1.82, 2.24) is 14.9 Å². The van der Waals surface area contributed by atoms with Crippen LogP contribution in [0.3, 0.4) is 0 Å². The van der Waals surface area contributed by atoms with Crippen molar-refractivity contribution in [3.63, 3.8) is 0 Å². The number of amides is 2. The van der Waals surface area contributed by atoms with Crippen molar-refractivity contribution in [1.29, 1.82) is 0 Å². The Morgan fingerprint density at radius 1 is 1.17 bits per heavy atom. The van der Waals surface area contributed by atoms with Gasteiger partial charge in [0.25, 0.3) is 11.8 Å². The van der Waals surface area contributed by atoms with Crippen LogP contribution in [0, 0.1) is 6.92 Å². The highest BCUT2D eigenvalue weighted by atomic mass is 16.5. The number of aromatic nitrogens is 2. The normalized spacial score (nSPS) is 10.1. The molecule has 7 heteroatoms. The van der Waals surface area contributed by atoms with E-state index in [1.165, 1.54) is 24.4 Å². The van der Waals surface area contributed by atoms with E-state index < -0.39 is 5.91 Å². The molecule has 0 aliphatic heterocycles. The van der Waals surface area contributed by atoms with Gasteiger partial charge in [-0.2, -0.15) is 0 Å². The summed E-state index contributed by atoms with van der Waals surface area (Å²) in [5.41, 5.74) is 1.77. The number of hydrogen-bond acceptors (Lipinski definition) is 5. The van der Waals surface area contributed by atoms with Gasteiger partial charge in [-0.25, -0.2) is 4.98 Å². The highest BCUT2D eigenvalue weighted by molar-refractivity contribution is 6.04. The van der Waals surface area contributed by atoms with Crippen molar-refractivity contribution in [2.75, 3.05) is 26.5 Å². The lowest BCUT2D eigenvalue weighted by molar-refractivity contribution is 0.0824. The lowest BCUT2D eigenvalue weighted by Crippen LogP contribution is -2.22. The van der Waals surface area contributed by atoms with Gasteiger partial charge in [0, 0.05) is 26.0 Å². The van der Waals surface area contributed by atoms with Crippen molar-refractivity contribution in [2.24, 2.45) is 0 Å². The van der Waals surface area contributed by atoms with Crippen LogP contribution in [0.4, 0.5) is 5.69 Å². The molecule has 0 atom stereocenters. The van der Waals surface area contributed by atoms with Crippen LogP contribution in [0.5, 0.6) is 5.75 Å². The fourth-order valence-electron chi connectivity index (χ4n) is 1.90. The van der Waals surface area contributed by atoms with Crippen molar-refractivity contribution in [3.8, 4) is 5.75 Å². The zero-order valence-electron chi connectivity index (χ0n) is 13.5. The second kappa shape index (κ2) is 6.87. The van der Waals surface area contributed by atoms with Gasteiger partial charge < -0.3 is 15.0 Å². The van der Waals surface area contributed by atoms with Crippen LogP contribution >= 0.6 is 0 Å². The first-order valence-corrected chi connectivity index (χ1v) is 6.92. The summed E-state index contributed by atoms with van der Waals surface area (Å²) in [5, 5.41) is 2.70. The van der Waals surface area contributed by atoms with E-state index in [9.17, 15) is 9.59 Å². The molecule has 2 rings (SSSR count). The number of aryl methyl sites for hydroxylation is 1. The molecular formula is C16H18N4O3. The van der Waals surface area contributed by atoms with E-state index in [-0.39, 0.29) is 11.6 Å². The molecule has 0 aliphatic carbocycles. The summed E-state index contributed by atoms with van der Waals surface area (Å²) in [5.74, 6) is -0.171. The fraction of sp³-hybridized carbons (Fsp3) is 0.250. The maximum absolute atomic E-state index is 12.2. The second-order valence-corrected chi connectivity index (χ2v) is 5.11. The summed E-state index contributed by atoms with van der Waals surface area (Å²) in [6, 6.07) is 4.86. The predicted molar refractivity (Wildman–Crippen MR) is 85.7 cm³/mol. The number of nitrogens with zero attached hydrogens (tertiary/aromatic N) is 3. The van der Waals surface area contributed by atoms with Gasteiger partial charge in [-0.15, -0.1) is 0 Å². The molecule has 0 unspecified atom stereocenters. The number of benzene rings is 1. The first kappa shape index (κ1) is 16.4. The smallest absolute Gasteiger partial charge is 0.275 e. The van der Waals surface area contributed by atoms with Crippen LogP contribution in [0.25, 0.3) is 0 Å². The molecule has 0 saturated heterocycles. The summed E-state index contributed by atoms with van der Waals surface area (Å²) >= 11 is 0. The first-order valence-electron chi connectivity index (χ1n) is 6.92. The average molecular weight is 314 g/mol. The zero-order valence-corrected chi connectivity index (χ0v) is 13.5. The first-order chi connectivity index (χ1) is 10.9. The molecule has 2 amide bonds. The van der Waals surface area contributed by atoms with Crippen molar-refractivity contribution in [3.05, 3.63) is 47.5 Å². The van der Waals surface area contributed by atoms with E-state index >= 15 is 0 Å². The number of rotatable bonds is 4. The molecule has 0 fully saturated rings. The summed E-state index contributed by atoms with van der Waals surface area (Å²) in [7, 11) is 4.78. The van der Waals surface area contributed by atoms with E-state index in [2.05, 4.69) is 15.3 Å². The number of carbonyl (C=O) groups is 2. The Balaban J connectivity index is 2.26. The topological polar surface area (TPSA) is 84.4 Å². The highest BCUT2D eigenvalue weighted by Gasteiger charge is 2.16. The minimum absolute atomic E-state index is 0.201. The Kier molecular flexibility index (Phi) is 4.90. The molecule has 1 aromatic heterocycles. The van der Waals surface area contributed by atoms with Gasteiger partial charge in [0.05, 0.1) is 24.6 Å². The summed E-state index contributed by atoms with van der Waals surface area (Å²) in [4.78, 5) is 33.8. The van der Waals surface area contributed by atoms with Crippen LogP contribution in [-0.4, -0.2) is 47.9 Å². The number of hydrogen-bond donors (Lipinski definition) is 1. The van der Waals surface area contributed by atoms with E-state index in [1.807, 2.05) is 0 Å². The van der Waals surface area contributed by atoms with E-state index in [0.717, 1.165) is 5.69 Å². The Morgan fingerprint density at radius 2 is 1.91 bits per heavy atom. The van der Waals surface area contributed by atoms with Gasteiger partial charge in [0.2, 0.25) is 0 Å². The Bertz CT molecular complexity index is 727. The van der Waals surface area contributed by atoms with E-state index in [1.54, 1.807) is 39.2 Å². The molecule has 23 heavy (non-hydrogen) atoms. The molecule has 0 bridgehead atoms. The molecule has 0 spiro atoms. The quantitative estimate of drug-likeness (QED) is 0.929. The maximum Gasteiger partial charge on any atom is 0.275 e. The maximum atomic E-state index is 12.2. The van der Waals surface area contributed by atoms with Crippen LogP contribution in [-0.2, 0) is 0 Å². The largest absolute Gasteiger partial charge is 0.496 e. The molecular weight excluding hydrogens is 296 g/mol. The summed E-state index contributed by atoms with van der Waals surface area (Å²) in [6.07, 6.45) is 2.92. The van der Waals surface area contributed by atoms with Gasteiger partial charge in [-0.3, -0.25) is 14.6 Å². The number of methoxy groups -OCH3 is 1. The lowest BCUT2D eigenvalue weighted by atomic mass is 10.1. The van der Waals surface area contributed by atoms with Gasteiger partial charge in [0.1, 0.15) is 11.4 Å². The molecule has 1 aromatic carbocycles. The third-order valence-corrected chi connectivity index (χ3v) is 3.11. The van der Waals surface area contributed by atoms with E-state index in [4.69, 9.17) is 4.74 Å². The highest BCUT2D eigenvalue weighted by Crippen LogP contribution is 2.24. The number of carbonyl (C=O) groups excluding carboxylic acids is 2. The zero-order chi connectivity index (χ0) is 17.0. The van der Waals surface area contributed by atoms with Gasteiger partial charge in [-0.1, -0.05) is 0 Å². The van der Waals surface area contributed by atoms with Crippen molar-refractivity contribution < 1.29 is 14.3 Å². The molecule has 0 saturated carbocycles. The van der Waals surface area contributed by atoms with E-state index in [0.29, 0.717) is 17.0 Å². The summed E-state index contributed by atoms with van der Waals surface area (Å²) in [6.45, 7) is 1.79. The average Bonchev–Trinajstić information content (AvgIpc) is 2.54. The van der Waals surface area contributed by atoms with Crippen LogP contribution < -0.4 is 10.1 Å². The van der Waals surface area contributed by atoms with Crippen molar-refractivity contribution in [2.45, 2.75) is 6.92 Å². The molecule has 7 nitrogen and oxygen atoms in total. The molecule has 1 N–H and O–H groups in total. The standard InChI is InChI=1S/C16H18N4O3/c1-10-8-18-13(9-17-10)15(21)19-11-5-6-14(23-4)12(7-11)16(22)20(2)3/h5-9H,1-4H3,(H,19,21).